The molecule has 41 heavy (non-hydrogen) atoms. The van der Waals surface area contributed by atoms with Crippen LogP contribution >= 0.6 is 11.6 Å². The molecule has 0 aliphatic carbocycles. The van der Waals surface area contributed by atoms with E-state index in [0.29, 0.717) is 29.6 Å². The van der Waals surface area contributed by atoms with Gasteiger partial charge in [-0.2, -0.15) is 0 Å². The zero-order valence-corrected chi connectivity index (χ0v) is 25.7. The van der Waals surface area contributed by atoms with E-state index < -0.39 is 28.5 Å². The molecule has 0 heterocycles. The number of hydrogen-bond donors (Lipinski definition) is 1. The predicted molar refractivity (Wildman–Crippen MR) is 163 cm³/mol. The first kappa shape index (κ1) is 32.0. The summed E-state index contributed by atoms with van der Waals surface area (Å²) in [5, 5.41) is 3.42. The van der Waals surface area contributed by atoms with E-state index in [0.717, 1.165) is 15.4 Å². The maximum absolute atomic E-state index is 14.0. The fourth-order valence-electron chi connectivity index (χ4n) is 4.06. The topological polar surface area (TPSA) is 96.0 Å². The van der Waals surface area contributed by atoms with E-state index in [4.69, 9.17) is 16.3 Å². The molecule has 2 amide bonds. The summed E-state index contributed by atoms with van der Waals surface area (Å²) in [6, 6.07) is 19.1. The van der Waals surface area contributed by atoms with Crippen molar-refractivity contribution in [2.45, 2.75) is 52.1 Å². The van der Waals surface area contributed by atoms with Gasteiger partial charge in [0.1, 0.15) is 18.3 Å². The van der Waals surface area contributed by atoms with Crippen molar-refractivity contribution in [1.82, 2.24) is 10.2 Å². The number of sulfonamides is 1. The fourth-order valence-corrected chi connectivity index (χ4v) is 5.60. The lowest BCUT2D eigenvalue weighted by atomic mass is 10.1. The number of benzene rings is 3. The molecule has 0 aliphatic rings. The van der Waals surface area contributed by atoms with Crippen molar-refractivity contribution in [3.63, 3.8) is 0 Å². The summed E-state index contributed by atoms with van der Waals surface area (Å²) < 4.78 is 34.4. The average Bonchev–Trinajstić information content (AvgIpc) is 2.94. The van der Waals surface area contributed by atoms with Gasteiger partial charge in [0.15, 0.2) is 0 Å². The van der Waals surface area contributed by atoms with Crippen LogP contribution in [0.5, 0.6) is 5.75 Å². The van der Waals surface area contributed by atoms with Gasteiger partial charge in [-0.05, 0) is 80.8 Å². The molecule has 0 aromatic heterocycles. The van der Waals surface area contributed by atoms with E-state index in [9.17, 15) is 18.0 Å². The van der Waals surface area contributed by atoms with Crippen LogP contribution in [0.3, 0.4) is 0 Å². The molecule has 8 nitrogen and oxygen atoms in total. The van der Waals surface area contributed by atoms with Crippen LogP contribution in [0.15, 0.2) is 77.7 Å². The minimum atomic E-state index is -4.16. The quantitative estimate of drug-likeness (QED) is 0.283. The number of halogens is 1. The van der Waals surface area contributed by atoms with Gasteiger partial charge in [0.05, 0.1) is 17.2 Å². The van der Waals surface area contributed by atoms with Crippen molar-refractivity contribution < 1.29 is 22.7 Å². The average molecular weight is 600 g/mol. The molecule has 220 valence electrons. The number of rotatable bonds is 13. The number of nitrogens with zero attached hydrogens (tertiary/aromatic N) is 2. The van der Waals surface area contributed by atoms with E-state index in [1.54, 1.807) is 67.6 Å². The Morgan fingerprint density at radius 2 is 1.54 bits per heavy atom. The molecule has 0 radical (unpaired) electrons. The zero-order chi connectivity index (χ0) is 30.2. The monoisotopic (exact) mass is 599 g/mol. The van der Waals surface area contributed by atoms with Gasteiger partial charge in [-0.25, -0.2) is 8.42 Å². The Balaban J connectivity index is 1.99. The standard InChI is InChI=1S/C31H38ClN3O5S/c1-6-40-28-15-17-29(18-16-28)41(38,39)35(27-13-7-23(4)8-14-27)21-30(36)34(20-25-9-11-26(32)12-10-25)24(5)31(37)33-19-22(2)3/h7-18,22,24H,6,19-21H2,1-5H3,(H,33,37). The van der Waals surface area contributed by atoms with Crippen LogP contribution in [0.1, 0.15) is 38.8 Å². The summed E-state index contributed by atoms with van der Waals surface area (Å²) in [5.74, 6) is -0.0813. The Bertz CT molecular complexity index is 1410. The maximum atomic E-state index is 14.0. The van der Waals surface area contributed by atoms with E-state index >= 15 is 0 Å². The Morgan fingerprint density at radius 1 is 0.927 bits per heavy atom. The summed E-state index contributed by atoms with van der Waals surface area (Å²) in [7, 11) is -4.16. The lowest BCUT2D eigenvalue weighted by Gasteiger charge is -2.32. The molecule has 0 saturated heterocycles. The Kier molecular flexibility index (Phi) is 11.2. The predicted octanol–water partition coefficient (Wildman–Crippen LogP) is 5.43. The summed E-state index contributed by atoms with van der Waals surface area (Å²) in [5.41, 5.74) is 2.03. The number of carbonyl (C=O) groups excluding carboxylic acids is 2. The molecule has 1 N–H and O–H groups in total. The first-order valence-corrected chi connectivity index (χ1v) is 15.4. The first-order valence-electron chi connectivity index (χ1n) is 13.6. The lowest BCUT2D eigenvalue weighted by molar-refractivity contribution is -0.139. The third-order valence-electron chi connectivity index (χ3n) is 6.44. The SMILES string of the molecule is CCOc1ccc(S(=O)(=O)N(CC(=O)N(Cc2ccc(Cl)cc2)C(C)C(=O)NCC(C)C)c2ccc(C)cc2)cc1. The summed E-state index contributed by atoms with van der Waals surface area (Å²) in [6.07, 6.45) is 0. The van der Waals surface area contributed by atoms with Gasteiger partial charge in [0, 0.05) is 18.1 Å². The molecule has 10 heteroatoms. The highest BCUT2D eigenvalue weighted by Crippen LogP contribution is 2.26. The molecular formula is C31H38ClN3O5S. The lowest BCUT2D eigenvalue weighted by Crippen LogP contribution is -2.51. The zero-order valence-electron chi connectivity index (χ0n) is 24.1. The minimum Gasteiger partial charge on any atom is -0.494 e. The molecule has 0 fully saturated rings. The van der Waals surface area contributed by atoms with Crippen LogP contribution in [0.2, 0.25) is 5.02 Å². The summed E-state index contributed by atoms with van der Waals surface area (Å²) in [6.45, 7) is 9.82. The Labute approximate surface area is 248 Å². The second-order valence-corrected chi connectivity index (χ2v) is 12.5. The number of carbonyl (C=O) groups is 2. The first-order chi connectivity index (χ1) is 19.4. The van der Waals surface area contributed by atoms with Crippen molar-refractivity contribution in [2.75, 3.05) is 24.0 Å². The van der Waals surface area contributed by atoms with E-state index in [2.05, 4.69) is 5.32 Å². The van der Waals surface area contributed by atoms with Crippen LogP contribution in [-0.2, 0) is 26.2 Å². The van der Waals surface area contributed by atoms with Gasteiger partial charge in [-0.3, -0.25) is 13.9 Å². The van der Waals surface area contributed by atoms with Gasteiger partial charge in [-0.1, -0.05) is 55.3 Å². The van der Waals surface area contributed by atoms with E-state index in [-0.39, 0.29) is 23.3 Å². The molecule has 0 saturated carbocycles. The number of amides is 2. The van der Waals surface area contributed by atoms with Crippen LogP contribution in [0.25, 0.3) is 0 Å². The van der Waals surface area contributed by atoms with Gasteiger partial charge in [0.25, 0.3) is 10.0 Å². The highest BCUT2D eigenvalue weighted by Gasteiger charge is 2.32. The highest BCUT2D eigenvalue weighted by molar-refractivity contribution is 7.92. The van der Waals surface area contributed by atoms with Gasteiger partial charge >= 0.3 is 0 Å². The molecule has 3 rings (SSSR count). The van der Waals surface area contributed by atoms with Crippen LogP contribution in [0, 0.1) is 12.8 Å². The largest absolute Gasteiger partial charge is 0.494 e. The maximum Gasteiger partial charge on any atom is 0.264 e. The van der Waals surface area contributed by atoms with Gasteiger partial charge in [-0.15, -0.1) is 0 Å². The van der Waals surface area contributed by atoms with Crippen molar-refractivity contribution in [3.05, 3.63) is 88.9 Å². The normalized spacial score (nSPS) is 12.1. The van der Waals surface area contributed by atoms with E-state index in [1.807, 2.05) is 27.7 Å². The highest BCUT2D eigenvalue weighted by atomic mass is 35.5. The second-order valence-electron chi connectivity index (χ2n) is 10.2. The number of nitrogens with one attached hydrogen (secondary N) is 1. The molecule has 3 aromatic rings. The smallest absolute Gasteiger partial charge is 0.264 e. The molecular weight excluding hydrogens is 562 g/mol. The van der Waals surface area contributed by atoms with Gasteiger partial charge < -0.3 is 15.0 Å². The Morgan fingerprint density at radius 3 is 2.10 bits per heavy atom. The summed E-state index contributed by atoms with van der Waals surface area (Å²) >= 11 is 6.05. The summed E-state index contributed by atoms with van der Waals surface area (Å²) in [4.78, 5) is 28.4. The van der Waals surface area contributed by atoms with Crippen molar-refractivity contribution in [2.24, 2.45) is 5.92 Å². The molecule has 0 aliphatic heterocycles. The molecule has 0 bridgehead atoms. The third kappa shape index (κ3) is 8.71. The Hall–Kier alpha value is -3.56. The van der Waals surface area contributed by atoms with Crippen molar-refractivity contribution >= 4 is 39.1 Å². The van der Waals surface area contributed by atoms with Crippen LogP contribution in [-0.4, -0.2) is 50.9 Å². The van der Waals surface area contributed by atoms with Crippen LogP contribution < -0.4 is 14.4 Å². The molecule has 1 unspecified atom stereocenters. The minimum absolute atomic E-state index is 0.0151. The van der Waals surface area contributed by atoms with Crippen LogP contribution in [0.4, 0.5) is 5.69 Å². The number of anilines is 1. The van der Waals surface area contributed by atoms with Crippen molar-refractivity contribution in [3.8, 4) is 5.75 Å². The molecule has 0 spiro atoms. The number of ether oxygens (including phenoxy) is 1. The fraction of sp³-hybridized carbons (Fsp3) is 0.355. The van der Waals surface area contributed by atoms with Gasteiger partial charge in [0.2, 0.25) is 11.8 Å². The van der Waals surface area contributed by atoms with Crippen molar-refractivity contribution in [1.29, 1.82) is 0 Å². The number of hydrogen-bond acceptors (Lipinski definition) is 5. The number of aryl methyl sites for hydroxylation is 1. The van der Waals surface area contributed by atoms with E-state index in [1.165, 1.54) is 17.0 Å². The molecule has 3 aromatic carbocycles. The molecule has 1 atom stereocenters. The second kappa shape index (κ2) is 14.4. The third-order valence-corrected chi connectivity index (χ3v) is 8.48.